The third-order valence-electron chi connectivity index (χ3n) is 6.03. The molecule has 1 aliphatic heterocycles. The first kappa shape index (κ1) is 25.0. The second-order valence-electron chi connectivity index (χ2n) is 8.41. The van der Waals surface area contributed by atoms with Gasteiger partial charge in [0, 0.05) is 13.0 Å². The maximum absolute atomic E-state index is 13.2. The third kappa shape index (κ3) is 5.10. The molecule has 1 heterocycles. The van der Waals surface area contributed by atoms with Crippen LogP contribution in [0.1, 0.15) is 17.5 Å². The number of para-hydroxylation sites is 1. The van der Waals surface area contributed by atoms with Gasteiger partial charge in [0.15, 0.2) is 0 Å². The molecule has 186 valence electrons. The van der Waals surface area contributed by atoms with Crippen molar-refractivity contribution in [3.05, 3.63) is 94.9 Å². The van der Waals surface area contributed by atoms with Crippen molar-refractivity contribution in [2.45, 2.75) is 12.6 Å². The number of carbonyl (C=O) groups excluding carboxylic acids is 2. The summed E-state index contributed by atoms with van der Waals surface area (Å²) in [6.45, 7) is -0.0433. The zero-order chi connectivity index (χ0) is 26.2. The summed E-state index contributed by atoms with van der Waals surface area (Å²) >= 11 is 6.54. The van der Waals surface area contributed by atoms with Crippen molar-refractivity contribution in [1.29, 1.82) is 0 Å². The minimum Gasteiger partial charge on any atom is -0.325 e. The van der Waals surface area contributed by atoms with Crippen LogP contribution >= 0.6 is 24.0 Å². The Morgan fingerprint density at radius 1 is 0.946 bits per heavy atom. The number of fused-ring (bicyclic) bond motifs is 2. The number of hydrogen-bond acceptors (Lipinski definition) is 4. The van der Waals surface area contributed by atoms with Crippen LogP contribution in [0.2, 0.25) is 0 Å². The van der Waals surface area contributed by atoms with Gasteiger partial charge >= 0.3 is 6.18 Å². The van der Waals surface area contributed by atoms with Crippen LogP contribution in [0.15, 0.2) is 83.8 Å². The van der Waals surface area contributed by atoms with Gasteiger partial charge in [-0.05, 0) is 51.4 Å². The fourth-order valence-electron chi connectivity index (χ4n) is 4.29. The zero-order valence-corrected chi connectivity index (χ0v) is 20.8. The number of benzene rings is 4. The Labute approximate surface area is 220 Å². The fourth-order valence-corrected chi connectivity index (χ4v) is 5.58. The van der Waals surface area contributed by atoms with E-state index in [1.165, 1.54) is 23.1 Å². The highest BCUT2D eigenvalue weighted by Crippen LogP contribution is 2.37. The number of anilines is 1. The van der Waals surface area contributed by atoms with Gasteiger partial charge in [-0.3, -0.25) is 14.5 Å². The van der Waals surface area contributed by atoms with Crippen LogP contribution in [0.5, 0.6) is 0 Å². The highest BCUT2D eigenvalue weighted by molar-refractivity contribution is 8.26. The van der Waals surface area contributed by atoms with Crippen molar-refractivity contribution < 1.29 is 22.8 Å². The number of nitrogens with zero attached hydrogens (tertiary/aromatic N) is 1. The lowest BCUT2D eigenvalue weighted by Gasteiger charge is -2.16. The number of thioether (sulfide) groups is 1. The fraction of sp³-hybridized carbons (Fsp3) is 0.107. The molecule has 4 nitrogen and oxygen atoms in total. The molecule has 0 aliphatic carbocycles. The number of carbonyl (C=O) groups is 2. The number of thiocarbonyl (C=S) groups is 1. The van der Waals surface area contributed by atoms with E-state index in [0.717, 1.165) is 44.9 Å². The molecule has 1 fully saturated rings. The van der Waals surface area contributed by atoms with Crippen LogP contribution in [0, 0.1) is 0 Å². The van der Waals surface area contributed by atoms with Crippen LogP contribution in [0.25, 0.3) is 27.6 Å². The summed E-state index contributed by atoms with van der Waals surface area (Å²) in [6.07, 6.45) is -2.98. The summed E-state index contributed by atoms with van der Waals surface area (Å²) in [4.78, 5) is 27.4. The van der Waals surface area contributed by atoms with Crippen molar-refractivity contribution in [1.82, 2.24) is 4.90 Å². The number of hydrogen-bond donors (Lipinski definition) is 1. The summed E-state index contributed by atoms with van der Waals surface area (Å²) in [7, 11) is 0. The number of amides is 2. The molecule has 2 amide bonds. The van der Waals surface area contributed by atoms with Crippen LogP contribution in [0.3, 0.4) is 0 Å². The Bertz CT molecular complexity index is 1540. The van der Waals surface area contributed by atoms with Crippen LogP contribution in [-0.2, 0) is 15.8 Å². The number of halogens is 3. The summed E-state index contributed by atoms with van der Waals surface area (Å²) < 4.78 is 40.0. The minimum absolute atomic E-state index is 0.0433. The molecule has 1 aliphatic rings. The molecule has 0 atom stereocenters. The second-order valence-corrected chi connectivity index (χ2v) is 10.1. The van der Waals surface area contributed by atoms with E-state index in [9.17, 15) is 22.8 Å². The van der Waals surface area contributed by atoms with Crippen molar-refractivity contribution in [2.24, 2.45) is 0 Å². The van der Waals surface area contributed by atoms with Gasteiger partial charge in [0.2, 0.25) is 5.91 Å². The van der Waals surface area contributed by atoms with Crippen molar-refractivity contribution in [2.75, 3.05) is 11.9 Å². The normalized spacial score (nSPS) is 15.2. The van der Waals surface area contributed by atoms with Gasteiger partial charge in [-0.1, -0.05) is 84.6 Å². The summed E-state index contributed by atoms with van der Waals surface area (Å²) in [6, 6.07) is 22.7. The largest absolute Gasteiger partial charge is 0.418 e. The monoisotopic (exact) mass is 536 g/mol. The van der Waals surface area contributed by atoms with Crippen molar-refractivity contribution >= 4 is 73.4 Å². The average molecular weight is 537 g/mol. The SMILES string of the molecule is O=C(CCN1C(=O)/C(=C/c2c3ccccc3cc3ccccc23)SC1=S)Nc1ccccc1C(F)(F)F. The smallest absolute Gasteiger partial charge is 0.325 e. The lowest BCUT2D eigenvalue weighted by molar-refractivity contribution is -0.137. The van der Waals surface area contributed by atoms with Crippen LogP contribution in [-0.4, -0.2) is 27.6 Å². The molecule has 5 rings (SSSR count). The molecule has 1 N–H and O–H groups in total. The van der Waals surface area contributed by atoms with E-state index < -0.39 is 17.6 Å². The minimum atomic E-state index is -4.60. The summed E-state index contributed by atoms with van der Waals surface area (Å²) in [5.74, 6) is -0.981. The molecule has 4 aromatic rings. The van der Waals surface area contributed by atoms with Crippen LogP contribution in [0.4, 0.5) is 18.9 Å². The Morgan fingerprint density at radius 2 is 1.54 bits per heavy atom. The van der Waals surface area contributed by atoms with E-state index in [1.54, 1.807) is 0 Å². The zero-order valence-electron chi connectivity index (χ0n) is 19.2. The standard InChI is InChI=1S/C28H19F3N2O2S2/c29-28(30,31)22-11-5-6-12-23(22)32-25(34)13-14-33-26(35)24(37-27(33)36)16-21-19-9-3-1-7-17(19)15-18-8-2-4-10-20(18)21/h1-12,15-16H,13-14H2,(H,32,34)/b24-16-. The molecular formula is C28H19F3N2O2S2. The predicted octanol–water partition coefficient (Wildman–Crippen LogP) is 7.24. The lowest BCUT2D eigenvalue weighted by Crippen LogP contribution is -2.31. The number of alkyl halides is 3. The molecule has 0 spiro atoms. The van der Waals surface area contributed by atoms with Crippen molar-refractivity contribution in [3.63, 3.8) is 0 Å². The molecule has 1 saturated heterocycles. The third-order valence-corrected chi connectivity index (χ3v) is 7.41. The molecule has 9 heteroatoms. The van der Waals surface area contributed by atoms with Gasteiger partial charge < -0.3 is 5.32 Å². The maximum atomic E-state index is 13.2. The Balaban J connectivity index is 1.36. The first-order valence-electron chi connectivity index (χ1n) is 11.3. The highest BCUT2D eigenvalue weighted by atomic mass is 32.2. The topological polar surface area (TPSA) is 49.4 Å². The molecular weight excluding hydrogens is 517 g/mol. The van der Waals surface area contributed by atoms with E-state index in [4.69, 9.17) is 12.2 Å². The quantitative estimate of drug-likeness (QED) is 0.166. The Kier molecular flexibility index (Phi) is 6.74. The van der Waals surface area contributed by atoms with E-state index in [0.29, 0.717) is 9.23 Å². The molecule has 0 aromatic heterocycles. The van der Waals surface area contributed by atoms with Crippen molar-refractivity contribution in [3.8, 4) is 0 Å². The summed E-state index contributed by atoms with van der Waals surface area (Å²) in [5.41, 5.74) is -0.358. The maximum Gasteiger partial charge on any atom is 0.418 e. The second kappa shape index (κ2) is 9.99. The van der Waals surface area contributed by atoms with Gasteiger partial charge in [0.25, 0.3) is 5.91 Å². The molecule has 0 radical (unpaired) electrons. The molecule has 0 bridgehead atoms. The summed E-state index contributed by atoms with van der Waals surface area (Å²) in [5, 5.41) is 6.37. The molecule has 37 heavy (non-hydrogen) atoms. The first-order chi connectivity index (χ1) is 17.7. The van der Waals surface area contributed by atoms with E-state index in [1.807, 2.05) is 54.6 Å². The van der Waals surface area contributed by atoms with Gasteiger partial charge in [0.05, 0.1) is 16.2 Å². The average Bonchev–Trinajstić information content (AvgIpc) is 3.14. The number of nitrogens with one attached hydrogen (secondary N) is 1. The predicted molar refractivity (Wildman–Crippen MR) is 146 cm³/mol. The molecule has 0 unspecified atom stereocenters. The van der Waals surface area contributed by atoms with Gasteiger partial charge in [-0.25, -0.2) is 0 Å². The van der Waals surface area contributed by atoms with Crippen LogP contribution < -0.4 is 5.32 Å². The molecule has 0 saturated carbocycles. The van der Waals surface area contributed by atoms with Gasteiger partial charge in [-0.2, -0.15) is 13.2 Å². The number of rotatable bonds is 5. The Morgan fingerprint density at radius 3 is 2.19 bits per heavy atom. The van der Waals surface area contributed by atoms with Gasteiger partial charge in [-0.15, -0.1) is 0 Å². The first-order valence-corrected chi connectivity index (χ1v) is 12.6. The highest BCUT2D eigenvalue weighted by Gasteiger charge is 2.34. The lowest BCUT2D eigenvalue weighted by atomic mass is 9.96. The van der Waals surface area contributed by atoms with E-state index in [2.05, 4.69) is 11.4 Å². The van der Waals surface area contributed by atoms with Gasteiger partial charge in [0.1, 0.15) is 4.32 Å². The van der Waals surface area contributed by atoms with E-state index in [-0.39, 0.29) is 24.6 Å². The van der Waals surface area contributed by atoms with E-state index >= 15 is 0 Å². The Hall–Kier alpha value is -3.69. The molecule has 4 aromatic carbocycles.